The summed E-state index contributed by atoms with van der Waals surface area (Å²) in [7, 11) is -3.34. The van der Waals surface area contributed by atoms with Gasteiger partial charge in [-0.05, 0) is 23.3 Å². The minimum Gasteiger partial charge on any atom is -0.344 e. The van der Waals surface area contributed by atoms with Crippen LogP contribution >= 0.6 is 11.3 Å². The lowest BCUT2D eigenvalue weighted by Gasteiger charge is -2.33. The summed E-state index contributed by atoms with van der Waals surface area (Å²) in [5.41, 5.74) is 1.77. The Morgan fingerprint density at radius 3 is 2.28 bits per heavy atom. The van der Waals surface area contributed by atoms with Crippen molar-refractivity contribution in [2.45, 2.75) is 12.2 Å². The third-order valence-electron chi connectivity index (χ3n) is 4.82. The summed E-state index contributed by atoms with van der Waals surface area (Å²) in [5.74, 6) is -0.235. The molecular weight excluding hydrogens is 411 g/mol. The van der Waals surface area contributed by atoms with Crippen molar-refractivity contribution in [1.29, 1.82) is 0 Å². The number of aromatic nitrogens is 2. The van der Waals surface area contributed by atoms with Crippen molar-refractivity contribution in [3.05, 3.63) is 76.5 Å². The molecule has 0 bridgehead atoms. The maximum Gasteiger partial charge on any atom is 0.218 e. The van der Waals surface area contributed by atoms with Crippen molar-refractivity contribution in [1.82, 2.24) is 14.5 Å². The molecule has 0 spiro atoms. The smallest absolute Gasteiger partial charge is 0.218 e. The molecule has 0 unspecified atom stereocenters. The molecule has 1 aliphatic heterocycles. The zero-order chi connectivity index (χ0) is 20.3. The first-order valence-corrected chi connectivity index (χ1v) is 11.8. The van der Waals surface area contributed by atoms with Gasteiger partial charge in [0.15, 0.2) is 0 Å². The van der Waals surface area contributed by atoms with Crippen LogP contribution in [0.2, 0.25) is 0 Å². The van der Waals surface area contributed by atoms with E-state index in [0.717, 1.165) is 21.3 Å². The standard InChI is InChI=1S/C20H21FN4O2S2/c21-18-8-6-16(7-9-18)14-19-22-23-20(28-19)24-10-12-25(13-11-24)29(26,27)15-17-4-2-1-3-5-17/h1-9H,10-15H2. The second-order valence-corrected chi connectivity index (χ2v) is 9.92. The van der Waals surface area contributed by atoms with Gasteiger partial charge in [0.05, 0.1) is 5.75 Å². The van der Waals surface area contributed by atoms with Crippen LogP contribution < -0.4 is 4.90 Å². The highest BCUT2D eigenvalue weighted by Gasteiger charge is 2.28. The van der Waals surface area contributed by atoms with E-state index in [4.69, 9.17) is 0 Å². The van der Waals surface area contributed by atoms with Gasteiger partial charge in [-0.3, -0.25) is 0 Å². The van der Waals surface area contributed by atoms with E-state index in [9.17, 15) is 12.8 Å². The van der Waals surface area contributed by atoms with Crippen LogP contribution in [-0.2, 0) is 22.2 Å². The number of piperazine rings is 1. The van der Waals surface area contributed by atoms with Gasteiger partial charge >= 0.3 is 0 Å². The van der Waals surface area contributed by atoms with Gasteiger partial charge in [-0.15, -0.1) is 10.2 Å². The highest BCUT2D eigenvalue weighted by Crippen LogP contribution is 2.24. The molecule has 3 aromatic rings. The maximum atomic E-state index is 13.0. The molecule has 0 N–H and O–H groups in total. The summed E-state index contributed by atoms with van der Waals surface area (Å²) >= 11 is 1.49. The second kappa shape index (κ2) is 8.56. The average molecular weight is 433 g/mol. The molecule has 1 saturated heterocycles. The van der Waals surface area contributed by atoms with Gasteiger partial charge in [-0.25, -0.2) is 12.8 Å². The van der Waals surface area contributed by atoms with Crippen LogP contribution in [0.15, 0.2) is 54.6 Å². The predicted octanol–water partition coefficient (Wildman–Crippen LogP) is 2.92. The first-order valence-electron chi connectivity index (χ1n) is 9.33. The lowest BCUT2D eigenvalue weighted by atomic mass is 10.2. The van der Waals surface area contributed by atoms with Crippen LogP contribution in [0.25, 0.3) is 0 Å². The maximum absolute atomic E-state index is 13.0. The summed E-state index contributed by atoms with van der Waals surface area (Å²) in [4.78, 5) is 2.07. The first kappa shape index (κ1) is 19.9. The molecule has 0 radical (unpaired) electrons. The molecular formula is C20H21FN4O2S2. The number of benzene rings is 2. The van der Waals surface area contributed by atoms with Gasteiger partial charge in [-0.1, -0.05) is 53.8 Å². The van der Waals surface area contributed by atoms with Gasteiger partial charge in [0, 0.05) is 32.6 Å². The Hall–Kier alpha value is -2.36. The molecule has 29 heavy (non-hydrogen) atoms. The average Bonchev–Trinajstić information content (AvgIpc) is 3.19. The first-order chi connectivity index (χ1) is 14.0. The predicted molar refractivity (Wildman–Crippen MR) is 112 cm³/mol. The molecule has 0 amide bonds. The summed E-state index contributed by atoms with van der Waals surface area (Å²) in [5, 5.41) is 10.1. The molecule has 1 aromatic heterocycles. The van der Waals surface area contributed by atoms with Crippen molar-refractivity contribution in [3.63, 3.8) is 0 Å². The van der Waals surface area contributed by atoms with Crippen LogP contribution in [0.3, 0.4) is 0 Å². The number of hydrogen-bond donors (Lipinski definition) is 0. The highest BCUT2D eigenvalue weighted by atomic mass is 32.2. The van der Waals surface area contributed by atoms with E-state index in [1.165, 1.54) is 23.5 Å². The number of hydrogen-bond acceptors (Lipinski definition) is 6. The topological polar surface area (TPSA) is 66.4 Å². The fourth-order valence-corrected chi connectivity index (χ4v) is 5.70. The van der Waals surface area contributed by atoms with E-state index in [1.54, 1.807) is 16.4 Å². The van der Waals surface area contributed by atoms with Gasteiger partial charge in [-0.2, -0.15) is 4.31 Å². The van der Waals surface area contributed by atoms with Crippen molar-refractivity contribution >= 4 is 26.5 Å². The summed E-state index contributed by atoms with van der Waals surface area (Å²) < 4.78 is 40.0. The third-order valence-corrected chi connectivity index (χ3v) is 7.65. The monoisotopic (exact) mass is 432 g/mol. The van der Waals surface area contributed by atoms with Crippen molar-refractivity contribution in [2.75, 3.05) is 31.1 Å². The van der Waals surface area contributed by atoms with E-state index in [0.29, 0.717) is 32.6 Å². The van der Waals surface area contributed by atoms with Crippen molar-refractivity contribution in [3.8, 4) is 0 Å². The normalized spacial score (nSPS) is 15.6. The van der Waals surface area contributed by atoms with Crippen LogP contribution in [0.5, 0.6) is 0 Å². The molecule has 6 nitrogen and oxygen atoms in total. The fourth-order valence-electron chi connectivity index (χ4n) is 3.25. The van der Waals surface area contributed by atoms with Crippen molar-refractivity contribution < 1.29 is 12.8 Å². The molecule has 0 aliphatic carbocycles. The van der Waals surface area contributed by atoms with E-state index >= 15 is 0 Å². The van der Waals surface area contributed by atoms with Gasteiger partial charge in [0.2, 0.25) is 15.2 Å². The minimum atomic E-state index is -3.34. The zero-order valence-electron chi connectivity index (χ0n) is 15.7. The van der Waals surface area contributed by atoms with Crippen LogP contribution in [0.4, 0.5) is 9.52 Å². The third kappa shape index (κ3) is 4.98. The number of halogens is 1. The largest absolute Gasteiger partial charge is 0.344 e. The number of sulfonamides is 1. The molecule has 2 heterocycles. The Kier molecular flexibility index (Phi) is 5.89. The SMILES string of the molecule is O=S(=O)(Cc1ccccc1)N1CCN(c2nnc(Cc3ccc(F)cc3)s2)CC1. The molecule has 2 aromatic carbocycles. The number of rotatable bonds is 6. The molecule has 9 heteroatoms. The summed E-state index contributed by atoms with van der Waals surface area (Å²) in [6, 6.07) is 15.6. The molecule has 1 fully saturated rings. The van der Waals surface area contributed by atoms with Gasteiger partial charge in [0.25, 0.3) is 0 Å². The Morgan fingerprint density at radius 2 is 1.59 bits per heavy atom. The molecule has 152 valence electrons. The lowest BCUT2D eigenvalue weighted by Crippen LogP contribution is -2.49. The lowest BCUT2D eigenvalue weighted by molar-refractivity contribution is 0.384. The molecule has 0 atom stereocenters. The van der Waals surface area contributed by atoms with E-state index < -0.39 is 10.0 Å². The van der Waals surface area contributed by atoms with Gasteiger partial charge < -0.3 is 4.90 Å². The van der Waals surface area contributed by atoms with Crippen molar-refractivity contribution in [2.24, 2.45) is 0 Å². The number of anilines is 1. The Bertz CT molecular complexity index is 1050. The Morgan fingerprint density at radius 1 is 0.897 bits per heavy atom. The van der Waals surface area contributed by atoms with E-state index in [-0.39, 0.29) is 11.6 Å². The summed E-state index contributed by atoms with van der Waals surface area (Å²) in [6.45, 7) is 2.03. The van der Waals surface area contributed by atoms with Crippen LogP contribution in [-0.4, -0.2) is 49.1 Å². The van der Waals surface area contributed by atoms with E-state index in [1.807, 2.05) is 30.3 Å². The Labute approximate surface area is 173 Å². The van der Waals surface area contributed by atoms with E-state index in [2.05, 4.69) is 15.1 Å². The zero-order valence-corrected chi connectivity index (χ0v) is 17.4. The van der Waals surface area contributed by atoms with Crippen LogP contribution in [0, 0.1) is 5.82 Å². The highest BCUT2D eigenvalue weighted by molar-refractivity contribution is 7.88. The second-order valence-electron chi connectivity index (χ2n) is 6.91. The molecule has 4 rings (SSSR count). The number of nitrogens with zero attached hydrogens (tertiary/aromatic N) is 4. The van der Waals surface area contributed by atoms with Gasteiger partial charge in [0.1, 0.15) is 10.8 Å². The summed E-state index contributed by atoms with van der Waals surface area (Å²) in [6.07, 6.45) is 0.601. The fraction of sp³-hybridized carbons (Fsp3) is 0.300. The minimum absolute atomic E-state index is 0.0223. The molecule has 0 saturated carbocycles. The van der Waals surface area contributed by atoms with Crippen LogP contribution in [0.1, 0.15) is 16.1 Å². The Balaban J connectivity index is 1.35. The molecule has 1 aliphatic rings. The quantitative estimate of drug-likeness (QED) is 0.599.